The van der Waals surface area contributed by atoms with E-state index in [2.05, 4.69) is 5.10 Å². The molecule has 0 fully saturated rings. The molecule has 0 spiro atoms. The van der Waals surface area contributed by atoms with Gasteiger partial charge in [-0.25, -0.2) is 4.68 Å². The Morgan fingerprint density at radius 3 is 3.00 bits per heavy atom. The molecule has 1 unspecified atom stereocenters. The third kappa shape index (κ3) is 2.26. The number of fused-ring (bicyclic) bond motifs is 1. The van der Waals surface area contributed by atoms with Gasteiger partial charge in [-0.1, -0.05) is 0 Å². The summed E-state index contributed by atoms with van der Waals surface area (Å²) < 4.78 is 1.37. The maximum Gasteiger partial charge on any atom is 0.267 e. The van der Waals surface area contributed by atoms with Crippen molar-refractivity contribution >= 4 is 0 Å². The minimum atomic E-state index is -0.531. The molecule has 0 aromatic carbocycles. The second kappa shape index (κ2) is 4.14. The van der Waals surface area contributed by atoms with Gasteiger partial charge in [0.2, 0.25) is 0 Å². The fourth-order valence-electron chi connectivity index (χ4n) is 1.98. The standard InChI is InChI=1S/C11H16N2O2/c1-8(14)7-13-11(15)6-9-4-2-3-5-10(9)12-13/h6,8,14H,2-5,7H2,1H3. The lowest BCUT2D eigenvalue weighted by Crippen LogP contribution is -2.29. The van der Waals surface area contributed by atoms with Gasteiger partial charge in [-0.05, 0) is 38.2 Å². The minimum Gasteiger partial charge on any atom is -0.391 e. The second-order valence-corrected chi connectivity index (χ2v) is 4.19. The lowest BCUT2D eigenvalue weighted by Gasteiger charge is -2.16. The second-order valence-electron chi connectivity index (χ2n) is 4.19. The molecule has 1 aromatic rings. The molecule has 4 heteroatoms. The van der Waals surface area contributed by atoms with Gasteiger partial charge < -0.3 is 5.11 Å². The number of aryl methyl sites for hydroxylation is 2. The molecule has 0 aliphatic heterocycles. The number of aromatic nitrogens is 2. The Kier molecular flexibility index (Phi) is 2.86. The molecule has 0 saturated heterocycles. The first-order chi connectivity index (χ1) is 7.16. The van der Waals surface area contributed by atoms with E-state index in [1.165, 1.54) is 4.68 Å². The van der Waals surface area contributed by atoms with Crippen molar-refractivity contribution in [2.45, 2.75) is 45.3 Å². The topological polar surface area (TPSA) is 55.1 Å². The summed E-state index contributed by atoms with van der Waals surface area (Å²) in [6, 6.07) is 1.67. The third-order valence-electron chi connectivity index (χ3n) is 2.71. The SMILES string of the molecule is CC(O)Cn1nc2c(cc1=O)CCCC2. The van der Waals surface area contributed by atoms with E-state index >= 15 is 0 Å². The van der Waals surface area contributed by atoms with Gasteiger partial charge >= 0.3 is 0 Å². The number of hydrogen-bond donors (Lipinski definition) is 1. The Hall–Kier alpha value is -1.16. The molecule has 0 radical (unpaired) electrons. The van der Waals surface area contributed by atoms with E-state index in [0.29, 0.717) is 0 Å². The van der Waals surface area contributed by atoms with E-state index in [0.717, 1.165) is 36.9 Å². The molecule has 82 valence electrons. The van der Waals surface area contributed by atoms with Crippen molar-refractivity contribution in [1.82, 2.24) is 9.78 Å². The van der Waals surface area contributed by atoms with Gasteiger partial charge in [0.1, 0.15) is 0 Å². The zero-order chi connectivity index (χ0) is 10.8. The fraction of sp³-hybridized carbons (Fsp3) is 0.636. The van der Waals surface area contributed by atoms with E-state index < -0.39 is 6.10 Å². The number of nitrogens with zero attached hydrogens (tertiary/aromatic N) is 2. The molecule has 1 aromatic heterocycles. The van der Waals surface area contributed by atoms with Crippen molar-refractivity contribution in [1.29, 1.82) is 0 Å². The van der Waals surface area contributed by atoms with E-state index in [1.54, 1.807) is 13.0 Å². The number of aliphatic hydroxyl groups is 1. The van der Waals surface area contributed by atoms with Gasteiger partial charge in [-0.3, -0.25) is 4.79 Å². The highest BCUT2D eigenvalue weighted by molar-refractivity contribution is 5.20. The predicted molar refractivity (Wildman–Crippen MR) is 56.8 cm³/mol. The smallest absolute Gasteiger partial charge is 0.267 e. The van der Waals surface area contributed by atoms with Crippen molar-refractivity contribution in [2.75, 3.05) is 0 Å². The molecule has 0 amide bonds. The van der Waals surface area contributed by atoms with Crippen LogP contribution >= 0.6 is 0 Å². The highest BCUT2D eigenvalue weighted by atomic mass is 16.3. The number of hydrogen-bond acceptors (Lipinski definition) is 3. The van der Waals surface area contributed by atoms with E-state index in [9.17, 15) is 9.90 Å². The van der Waals surface area contributed by atoms with Crippen molar-refractivity contribution in [3.63, 3.8) is 0 Å². The zero-order valence-electron chi connectivity index (χ0n) is 8.94. The van der Waals surface area contributed by atoms with Gasteiger partial charge in [0.05, 0.1) is 18.3 Å². The summed E-state index contributed by atoms with van der Waals surface area (Å²) in [4.78, 5) is 11.6. The fourth-order valence-corrected chi connectivity index (χ4v) is 1.98. The van der Waals surface area contributed by atoms with Crippen molar-refractivity contribution < 1.29 is 5.11 Å². The first kappa shape index (κ1) is 10.4. The number of rotatable bonds is 2. The summed E-state index contributed by atoms with van der Waals surface area (Å²) in [5, 5.41) is 13.5. The quantitative estimate of drug-likeness (QED) is 0.770. The molecule has 15 heavy (non-hydrogen) atoms. The summed E-state index contributed by atoms with van der Waals surface area (Å²) in [6.45, 7) is 1.94. The van der Waals surface area contributed by atoms with Crippen LogP contribution in [0.5, 0.6) is 0 Å². The molecule has 2 rings (SSSR count). The van der Waals surface area contributed by atoms with Gasteiger partial charge in [-0.2, -0.15) is 5.10 Å². The molecule has 1 N–H and O–H groups in total. The van der Waals surface area contributed by atoms with Crippen LogP contribution in [0.25, 0.3) is 0 Å². The van der Waals surface area contributed by atoms with Crippen LogP contribution in [0.4, 0.5) is 0 Å². The molecular weight excluding hydrogens is 192 g/mol. The van der Waals surface area contributed by atoms with E-state index in [1.807, 2.05) is 0 Å². The Morgan fingerprint density at radius 1 is 1.53 bits per heavy atom. The average molecular weight is 208 g/mol. The predicted octanol–water partition coefficient (Wildman–Crippen LogP) is 0.503. The Morgan fingerprint density at radius 2 is 2.27 bits per heavy atom. The highest BCUT2D eigenvalue weighted by Gasteiger charge is 2.13. The van der Waals surface area contributed by atoms with Crippen LogP contribution in [0.15, 0.2) is 10.9 Å². The monoisotopic (exact) mass is 208 g/mol. The molecule has 1 atom stereocenters. The van der Waals surface area contributed by atoms with Crippen LogP contribution in [0, 0.1) is 0 Å². The zero-order valence-corrected chi connectivity index (χ0v) is 8.94. The first-order valence-electron chi connectivity index (χ1n) is 5.45. The molecule has 0 bridgehead atoms. The Balaban J connectivity index is 2.36. The van der Waals surface area contributed by atoms with Crippen molar-refractivity contribution in [3.05, 3.63) is 27.7 Å². The normalized spacial score (nSPS) is 17.2. The van der Waals surface area contributed by atoms with Crippen LogP contribution in [0.1, 0.15) is 31.0 Å². The summed E-state index contributed by atoms with van der Waals surface area (Å²) in [6.07, 6.45) is 3.68. The van der Waals surface area contributed by atoms with Crippen LogP contribution in [0.3, 0.4) is 0 Å². The highest BCUT2D eigenvalue weighted by Crippen LogP contribution is 2.16. The maximum atomic E-state index is 11.6. The Labute approximate surface area is 88.6 Å². The molecular formula is C11H16N2O2. The lowest BCUT2D eigenvalue weighted by atomic mass is 9.97. The van der Waals surface area contributed by atoms with Crippen LogP contribution in [0.2, 0.25) is 0 Å². The van der Waals surface area contributed by atoms with Crippen LogP contribution in [-0.4, -0.2) is 21.0 Å². The maximum absolute atomic E-state index is 11.6. The van der Waals surface area contributed by atoms with Gasteiger partial charge in [0, 0.05) is 6.07 Å². The van der Waals surface area contributed by atoms with Crippen molar-refractivity contribution in [3.8, 4) is 0 Å². The van der Waals surface area contributed by atoms with Crippen LogP contribution in [-0.2, 0) is 19.4 Å². The van der Waals surface area contributed by atoms with E-state index in [-0.39, 0.29) is 12.1 Å². The largest absolute Gasteiger partial charge is 0.391 e. The molecule has 1 aliphatic rings. The van der Waals surface area contributed by atoms with Crippen molar-refractivity contribution in [2.24, 2.45) is 0 Å². The number of aliphatic hydroxyl groups excluding tert-OH is 1. The van der Waals surface area contributed by atoms with Gasteiger partial charge in [0.25, 0.3) is 5.56 Å². The molecule has 1 heterocycles. The summed E-state index contributed by atoms with van der Waals surface area (Å²) in [5.74, 6) is 0. The molecule has 0 saturated carbocycles. The summed E-state index contributed by atoms with van der Waals surface area (Å²) in [5.41, 5.74) is 2.02. The molecule has 1 aliphatic carbocycles. The first-order valence-corrected chi connectivity index (χ1v) is 5.45. The third-order valence-corrected chi connectivity index (χ3v) is 2.71. The average Bonchev–Trinajstić information content (AvgIpc) is 2.18. The van der Waals surface area contributed by atoms with Gasteiger partial charge in [0.15, 0.2) is 0 Å². The van der Waals surface area contributed by atoms with E-state index in [4.69, 9.17) is 0 Å². The lowest BCUT2D eigenvalue weighted by molar-refractivity contribution is 0.165. The van der Waals surface area contributed by atoms with Gasteiger partial charge in [-0.15, -0.1) is 0 Å². The minimum absolute atomic E-state index is 0.100. The molecule has 4 nitrogen and oxygen atoms in total. The Bertz CT molecular complexity index is 410. The summed E-state index contributed by atoms with van der Waals surface area (Å²) in [7, 11) is 0. The van der Waals surface area contributed by atoms with Crippen LogP contribution < -0.4 is 5.56 Å². The summed E-state index contributed by atoms with van der Waals surface area (Å²) >= 11 is 0.